The van der Waals surface area contributed by atoms with Gasteiger partial charge in [-0.05, 0) is 31.2 Å². The first kappa shape index (κ1) is 13.7. The maximum Gasteiger partial charge on any atom is 0.0802 e. The van der Waals surface area contributed by atoms with Crippen LogP contribution in [0, 0.1) is 0 Å². The van der Waals surface area contributed by atoms with E-state index >= 15 is 0 Å². The first-order chi connectivity index (χ1) is 10.3. The summed E-state index contributed by atoms with van der Waals surface area (Å²) in [7, 11) is 1.96. The molecular weight excluding hydrogens is 262 g/mol. The number of hydrogen-bond donors (Lipinski definition) is 1. The van der Waals surface area contributed by atoms with Crippen LogP contribution < -0.4 is 5.32 Å². The van der Waals surface area contributed by atoms with E-state index in [0.29, 0.717) is 0 Å². The number of hydrogen-bond acceptors (Lipinski definition) is 4. The molecule has 21 heavy (non-hydrogen) atoms. The number of rotatable bonds is 5. The second kappa shape index (κ2) is 6.01. The van der Waals surface area contributed by atoms with Crippen LogP contribution in [-0.4, -0.2) is 27.0 Å². The minimum Gasteiger partial charge on any atom is -0.308 e. The van der Waals surface area contributed by atoms with Gasteiger partial charge in [0.2, 0.25) is 0 Å². The highest BCUT2D eigenvalue weighted by atomic mass is 15.4. The van der Waals surface area contributed by atoms with E-state index in [1.807, 2.05) is 42.3 Å². The molecule has 1 atom stereocenters. The SMILES string of the molecule is CCCn1nncc1C(NC)c1ccnc2ccccc12. The fourth-order valence-corrected chi connectivity index (χ4v) is 2.71. The van der Waals surface area contributed by atoms with Gasteiger partial charge < -0.3 is 5.32 Å². The topological polar surface area (TPSA) is 55.6 Å². The van der Waals surface area contributed by atoms with Crippen LogP contribution in [0.2, 0.25) is 0 Å². The minimum absolute atomic E-state index is 0.0550. The Bertz CT molecular complexity index is 729. The molecule has 3 aromatic rings. The fourth-order valence-electron chi connectivity index (χ4n) is 2.71. The smallest absolute Gasteiger partial charge is 0.0802 e. The summed E-state index contributed by atoms with van der Waals surface area (Å²) in [6.07, 6.45) is 4.73. The zero-order chi connectivity index (χ0) is 14.7. The van der Waals surface area contributed by atoms with Crippen LogP contribution in [0.1, 0.15) is 30.6 Å². The number of para-hydroxylation sites is 1. The Morgan fingerprint density at radius 1 is 1.24 bits per heavy atom. The fraction of sp³-hybridized carbons (Fsp3) is 0.312. The molecule has 0 spiro atoms. The lowest BCUT2D eigenvalue weighted by atomic mass is 10.00. The number of pyridine rings is 1. The summed E-state index contributed by atoms with van der Waals surface area (Å²) in [5, 5.41) is 12.8. The first-order valence-electron chi connectivity index (χ1n) is 7.24. The third kappa shape index (κ3) is 2.52. The van der Waals surface area contributed by atoms with Crippen LogP contribution >= 0.6 is 0 Å². The Morgan fingerprint density at radius 3 is 2.90 bits per heavy atom. The third-order valence-electron chi connectivity index (χ3n) is 3.66. The molecule has 5 heteroatoms. The Labute approximate surface area is 124 Å². The van der Waals surface area contributed by atoms with Crippen molar-refractivity contribution >= 4 is 10.9 Å². The second-order valence-electron chi connectivity index (χ2n) is 5.02. The molecule has 0 fully saturated rings. The Morgan fingerprint density at radius 2 is 2.10 bits per heavy atom. The summed E-state index contributed by atoms with van der Waals surface area (Å²) in [4.78, 5) is 4.43. The molecule has 1 unspecified atom stereocenters. The van der Waals surface area contributed by atoms with E-state index in [-0.39, 0.29) is 6.04 Å². The molecule has 0 aliphatic carbocycles. The number of benzene rings is 1. The van der Waals surface area contributed by atoms with Gasteiger partial charge >= 0.3 is 0 Å². The summed E-state index contributed by atoms with van der Waals surface area (Å²) in [5.41, 5.74) is 3.28. The maximum absolute atomic E-state index is 4.43. The van der Waals surface area contributed by atoms with Gasteiger partial charge in [0.05, 0.1) is 23.4 Å². The van der Waals surface area contributed by atoms with Gasteiger partial charge in [0.1, 0.15) is 0 Å². The molecule has 0 amide bonds. The molecule has 0 saturated carbocycles. The van der Waals surface area contributed by atoms with Crippen LogP contribution in [0.25, 0.3) is 10.9 Å². The summed E-state index contributed by atoms with van der Waals surface area (Å²) >= 11 is 0. The van der Waals surface area contributed by atoms with Gasteiger partial charge in [0, 0.05) is 18.1 Å². The third-order valence-corrected chi connectivity index (χ3v) is 3.66. The molecule has 2 aromatic heterocycles. The monoisotopic (exact) mass is 281 g/mol. The highest BCUT2D eigenvalue weighted by Gasteiger charge is 2.19. The van der Waals surface area contributed by atoms with Gasteiger partial charge in [-0.2, -0.15) is 0 Å². The molecule has 0 radical (unpaired) electrons. The van der Waals surface area contributed by atoms with Crippen LogP contribution in [0.3, 0.4) is 0 Å². The van der Waals surface area contributed by atoms with Crippen molar-refractivity contribution in [1.82, 2.24) is 25.3 Å². The van der Waals surface area contributed by atoms with E-state index in [9.17, 15) is 0 Å². The van der Waals surface area contributed by atoms with Crippen molar-refractivity contribution in [3.63, 3.8) is 0 Å². The van der Waals surface area contributed by atoms with Crippen LogP contribution in [0.15, 0.2) is 42.7 Å². The summed E-state index contributed by atoms with van der Waals surface area (Å²) in [6.45, 7) is 3.01. The van der Waals surface area contributed by atoms with E-state index in [0.717, 1.165) is 29.6 Å². The predicted octanol–water partition coefficient (Wildman–Crippen LogP) is 2.55. The largest absolute Gasteiger partial charge is 0.308 e. The van der Waals surface area contributed by atoms with Crippen molar-refractivity contribution < 1.29 is 0 Å². The lowest BCUT2D eigenvalue weighted by Crippen LogP contribution is -2.22. The highest BCUT2D eigenvalue weighted by Crippen LogP contribution is 2.27. The van der Waals surface area contributed by atoms with Gasteiger partial charge in [-0.1, -0.05) is 30.3 Å². The van der Waals surface area contributed by atoms with Crippen molar-refractivity contribution in [2.24, 2.45) is 0 Å². The van der Waals surface area contributed by atoms with E-state index in [1.54, 1.807) is 0 Å². The zero-order valence-corrected chi connectivity index (χ0v) is 12.3. The average Bonchev–Trinajstić information content (AvgIpc) is 2.97. The van der Waals surface area contributed by atoms with Gasteiger partial charge in [-0.25, -0.2) is 4.68 Å². The van der Waals surface area contributed by atoms with Gasteiger partial charge in [0.15, 0.2) is 0 Å². The molecule has 1 aromatic carbocycles. The number of nitrogens with one attached hydrogen (secondary N) is 1. The van der Waals surface area contributed by atoms with Crippen molar-refractivity contribution in [2.45, 2.75) is 25.9 Å². The summed E-state index contributed by atoms with van der Waals surface area (Å²) in [6, 6.07) is 10.3. The van der Waals surface area contributed by atoms with E-state index < -0.39 is 0 Å². The Hall–Kier alpha value is -2.27. The molecule has 0 aliphatic heterocycles. The lowest BCUT2D eigenvalue weighted by Gasteiger charge is -2.19. The lowest BCUT2D eigenvalue weighted by molar-refractivity contribution is 0.524. The van der Waals surface area contributed by atoms with E-state index in [1.165, 1.54) is 5.56 Å². The van der Waals surface area contributed by atoms with Crippen LogP contribution in [0.4, 0.5) is 0 Å². The van der Waals surface area contributed by atoms with Crippen molar-refractivity contribution in [2.75, 3.05) is 7.05 Å². The number of aryl methyl sites for hydroxylation is 1. The van der Waals surface area contributed by atoms with Gasteiger partial charge in [-0.15, -0.1) is 5.10 Å². The molecular formula is C16H19N5. The minimum atomic E-state index is 0.0550. The van der Waals surface area contributed by atoms with Gasteiger partial charge in [-0.3, -0.25) is 4.98 Å². The Balaban J connectivity index is 2.12. The number of fused-ring (bicyclic) bond motifs is 1. The van der Waals surface area contributed by atoms with Crippen LogP contribution in [-0.2, 0) is 6.54 Å². The zero-order valence-electron chi connectivity index (χ0n) is 12.3. The molecule has 2 heterocycles. The molecule has 0 aliphatic rings. The van der Waals surface area contributed by atoms with Crippen molar-refractivity contribution in [3.05, 3.63) is 54.0 Å². The summed E-state index contributed by atoms with van der Waals surface area (Å²) in [5.74, 6) is 0. The molecule has 0 bridgehead atoms. The Kier molecular flexibility index (Phi) is 3.92. The van der Waals surface area contributed by atoms with Gasteiger partial charge in [0.25, 0.3) is 0 Å². The van der Waals surface area contributed by atoms with Crippen molar-refractivity contribution in [3.8, 4) is 0 Å². The van der Waals surface area contributed by atoms with Crippen molar-refractivity contribution in [1.29, 1.82) is 0 Å². The standard InChI is InChI=1S/C16H19N5/c1-3-10-21-15(11-19-20-21)16(17-2)13-8-9-18-14-7-5-4-6-12(13)14/h4-9,11,16-17H,3,10H2,1-2H3. The number of aromatic nitrogens is 4. The predicted molar refractivity (Wildman–Crippen MR) is 83.0 cm³/mol. The number of nitrogens with zero attached hydrogens (tertiary/aromatic N) is 4. The quantitative estimate of drug-likeness (QED) is 0.781. The normalized spacial score (nSPS) is 12.7. The van der Waals surface area contributed by atoms with E-state index in [2.05, 4.69) is 39.7 Å². The molecule has 0 saturated heterocycles. The molecule has 5 nitrogen and oxygen atoms in total. The average molecular weight is 281 g/mol. The highest BCUT2D eigenvalue weighted by molar-refractivity contribution is 5.82. The molecule has 3 rings (SSSR count). The molecule has 108 valence electrons. The maximum atomic E-state index is 4.43. The first-order valence-corrected chi connectivity index (χ1v) is 7.24. The second-order valence-corrected chi connectivity index (χ2v) is 5.02. The molecule has 1 N–H and O–H groups in total. The summed E-state index contributed by atoms with van der Waals surface area (Å²) < 4.78 is 1.97. The van der Waals surface area contributed by atoms with E-state index in [4.69, 9.17) is 0 Å². The van der Waals surface area contributed by atoms with Crippen LogP contribution in [0.5, 0.6) is 0 Å².